The number of carboxylic acid groups (broad SMARTS) is 1. The molecule has 0 radical (unpaired) electrons. The molecule has 1 fully saturated rings. The van der Waals surface area contributed by atoms with Crippen LogP contribution in [0.4, 0.5) is 0 Å². The first-order valence-electron chi connectivity index (χ1n) is 7.20. The number of hydrogen-bond donors (Lipinski definition) is 1. The molecule has 0 saturated carbocycles. The van der Waals surface area contributed by atoms with Crippen molar-refractivity contribution in [3.05, 3.63) is 18.0 Å². The predicted molar refractivity (Wildman–Crippen MR) is 76.6 cm³/mol. The van der Waals surface area contributed by atoms with Crippen LogP contribution in [0, 0.1) is 0 Å². The van der Waals surface area contributed by atoms with Crippen molar-refractivity contribution in [3.8, 4) is 0 Å². The average Bonchev–Trinajstić information content (AvgIpc) is 2.87. The molecule has 1 aromatic rings. The Morgan fingerprint density at radius 1 is 1.30 bits per heavy atom. The van der Waals surface area contributed by atoms with Crippen LogP contribution >= 0.6 is 0 Å². The van der Waals surface area contributed by atoms with Gasteiger partial charge in [-0.25, -0.2) is 0 Å². The molecule has 0 aromatic carbocycles. The molecule has 0 aliphatic carbocycles. The number of aromatic nitrogens is 2. The first kappa shape index (κ1) is 15.0. The van der Waals surface area contributed by atoms with E-state index in [9.17, 15) is 4.79 Å². The van der Waals surface area contributed by atoms with Crippen molar-refractivity contribution in [3.63, 3.8) is 0 Å². The number of rotatable bonds is 5. The van der Waals surface area contributed by atoms with Gasteiger partial charge < -0.3 is 5.11 Å². The fourth-order valence-corrected chi connectivity index (χ4v) is 2.44. The summed E-state index contributed by atoms with van der Waals surface area (Å²) in [6, 6.07) is 2.06. The first-order valence-corrected chi connectivity index (χ1v) is 7.20. The topological polar surface area (TPSA) is 61.6 Å². The van der Waals surface area contributed by atoms with Gasteiger partial charge in [0.05, 0.1) is 5.69 Å². The van der Waals surface area contributed by atoms with E-state index in [1.165, 1.54) is 0 Å². The zero-order chi connectivity index (χ0) is 14.7. The fraction of sp³-hybridized carbons (Fsp3) is 0.714. The molecule has 6 nitrogen and oxygen atoms in total. The van der Waals surface area contributed by atoms with E-state index in [0.717, 1.165) is 38.4 Å². The molecule has 0 spiro atoms. The normalized spacial score (nSPS) is 19.4. The minimum Gasteiger partial charge on any atom is -0.480 e. The van der Waals surface area contributed by atoms with Crippen LogP contribution in [0.15, 0.2) is 12.3 Å². The van der Waals surface area contributed by atoms with Crippen LogP contribution in [0.25, 0.3) is 0 Å². The van der Waals surface area contributed by atoms with Crippen molar-refractivity contribution in [2.45, 2.75) is 39.4 Å². The molecule has 1 aromatic heterocycles. The standard InChI is InChI=1S/C14H24N4O2/c1-11(2)18-5-4-13(15-18)10-16-6-8-17(9-7-16)12(3)14(19)20/h4-5,11-12H,6-10H2,1-3H3,(H,19,20). The molecule has 2 heterocycles. The van der Waals surface area contributed by atoms with E-state index in [2.05, 4.69) is 29.9 Å². The lowest BCUT2D eigenvalue weighted by atomic mass is 10.2. The van der Waals surface area contributed by atoms with Gasteiger partial charge in [-0.3, -0.25) is 19.3 Å². The summed E-state index contributed by atoms with van der Waals surface area (Å²) < 4.78 is 1.97. The van der Waals surface area contributed by atoms with Gasteiger partial charge >= 0.3 is 5.97 Å². The Morgan fingerprint density at radius 3 is 2.45 bits per heavy atom. The van der Waals surface area contributed by atoms with Crippen molar-refractivity contribution < 1.29 is 9.90 Å². The number of aliphatic carboxylic acids is 1. The molecule has 1 aliphatic rings. The summed E-state index contributed by atoms with van der Waals surface area (Å²) in [4.78, 5) is 15.3. The van der Waals surface area contributed by atoms with E-state index < -0.39 is 12.0 Å². The molecule has 0 amide bonds. The van der Waals surface area contributed by atoms with Crippen molar-refractivity contribution in [2.24, 2.45) is 0 Å². The Bertz CT molecular complexity index is 450. The zero-order valence-corrected chi connectivity index (χ0v) is 12.5. The average molecular weight is 280 g/mol. The van der Waals surface area contributed by atoms with Gasteiger partial charge in [-0.1, -0.05) is 0 Å². The van der Waals surface area contributed by atoms with Gasteiger partial charge in [0.15, 0.2) is 0 Å². The zero-order valence-electron chi connectivity index (χ0n) is 12.5. The Kier molecular flexibility index (Phi) is 4.77. The van der Waals surface area contributed by atoms with E-state index in [0.29, 0.717) is 6.04 Å². The minimum atomic E-state index is -0.742. The maximum atomic E-state index is 11.0. The SMILES string of the molecule is CC(C(=O)O)N1CCN(Cc2ccn(C(C)C)n2)CC1. The Morgan fingerprint density at radius 2 is 1.95 bits per heavy atom. The van der Waals surface area contributed by atoms with Crippen LogP contribution in [0.2, 0.25) is 0 Å². The maximum absolute atomic E-state index is 11.0. The molecule has 1 aliphatic heterocycles. The second kappa shape index (κ2) is 6.37. The third-order valence-electron chi connectivity index (χ3n) is 3.89. The van der Waals surface area contributed by atoms with Gasteiger partial charge in [-0.2, -0.15) is 5.10 Å². The number of carboxylic acids is 1. The largest absolute Gasteiger partial charge is 0.480 e. The van der Waals surface area contributed by atoms with E-state index >= 15 is 0 Å². The highest BCUT2D eigenvalue weighted by Gasteiger charge is 2.25. The molecule has 6 heteroatoms. The van der Waals surface area contributed by atoms with Crippen molar-refractivity contribution in [2.75, 3.05) is 26.2 Å². The molecule has 1 N–H and O–H groups in total. The summed E-state index contributed by atoms with van der Waals surface area (Å²) in [5, 5.41) is 13.6. The summed E-state index contributed by atoms with van der Waals surface area (Å²) in [5.74, 6) is -0.742. The van der Waals surface area contributed by atoms with Crippen LogP contribution in [-0.2, 0) is 11.3 Å². The summed E-state index contributed by atoms with van der Waals surface area (Å²) in [7, 11) is 0. The highest BCUT2D eigenvalue weighted by atomic mass is 16.4. The third-order valence-corrected chi connectivity index (χ3v) is 3.89. The van der Waals surface area contributed by atoms with Gasteiger partial charge in [-0.05, 0) is 26.8 Å². The van der Waals surface area contributed by atoms with Gasteiger partial charge in [-0.15, -0.1) is 0 Å². The summed E-state index contributed by atoms with van der Waals surface area (Å²) in [6.45, 7) is 10.2. The summed E-state index contributed by atoms with van der Waals surface area (Å²) in [5.41, 5.74) is 1.08. The Labute approximate surface area is 120 Å². The van der Waals surface area contributed by atoms with Crippen LogP contribution in [0.5, 0.6) is 0 Å². The monoisotopic (exact) mass is 280 g/mol. The van der Waals surface area contributed by atoms with Gasteiger partial charge in [0.25, 0.3) is 0 Å². The van der Waals surface area contributed by atoms with Crippen LogP contribution in [0.3, 0.4) is 0 Å². The second-order valence-corrected chi connectivity index (χ2v) is 5.71. The molecule has 2 rings (SSSR count). The van der Waals surface area contributed by atoms with E-state index in [-0.39, 0.29) is 0 Å². The predicted octanol–water partition coefficient (Wildman–Crippen LogP) is 1.05. The highest BCUT2D eigenvalue weighted by molar-refractivity contribution is 5.72. The van der Waals surface area contributed by atoms with Gasteiger partial charge in [0.2, 0.25) is 0 Å². The van der Waals surface area contributed by atoms with E-state index in [1.807, 2.05) is 15.8 Å². The molecular weight excluding hydrogens is 256 g/mol. The van der Waals surface area contributed by atoms with Crippen LogP contribution in [0.1, 0.15) is 32.5 Å². The minimum absolute atomic E-state index is 0.386. The lowest BCUT2D eigenvalue weighted by Gasteiger charge is -2.36. The third kappa shape index (κ3) is 3.58. The maximum Gasteiger partial charge on any atom is 0.320 e. The highest BCUT2D eigenvalue weighted by Crippen LogP contribution is 2.11. The smallest absolute Gasteiger partial charge is 0.320 e. The lowest BCUT2D eigenvalue weighted by molar-refractivity contribution is -0.143. The van der Waals surface area contributed by atoms with Crippen LogP contribution in [-0.4, -0.2) is 62.9 Å². The lowest BCUT2D eigenvalue weighted by Crippen LogP contribution is -2.51. The quantitative estimate of drug-likeness (QED) is 0.873. The van der Waals surface area contributed by atoms with Crippen molar-refractivity contribution in [1.29, 1.82) is 0 Å². The molecular formula is C14H24N4O2. The second-order valence-electron chi connectivity index (χ2n) is 5.71. The van der Waals surface area contributed by atoms with E-state index in [4.69, 9.17) is 5.11 Å². The molecule has 1 atom stereocenters. The van der Waals surface area contributed by atoms with Crippen molar-refractivity contribution in [1.82, 2.24) is 19.6 Å². The molecule has 20 heavy (non-hydrogen) atoms. The molecule has 1 saturated heterocycles. The number of hydrogen-bond acceptors (Lipinski definition) is 4. The van der Waals surface area contributed by atoms with E-state index in [1.54, 1.807) is 6.92 Å². The van der Waals surface area contributed by atoms with Crippen LogP contribution < -0.4 is 0 Å². The van der Waals surface area contributed by atoms with Crippen molar-refractivity contribution >= 4 is 5.97 Å². The van der Waals surface area contributed by atoms with Gasteiger partial charge in [0, 0.05) is 45.0 Å². The first-order chi connectivity index (χ1) is 9.47. The molecule has 0 bridgehead atoms. The molecule has 1 unspecified atom stereocenters. The summed E-state index contributed by atoms with van der Waals surface area (Å²) >= 11 is 0. The van der Waals surface area contributed by atoms with Gasteiger partial charge in [0.1, 0.15) is 6.04 Å². The Hall–Kier alpha value is -1.40. The number of carbonyl (C=O) groups is 1. The summed E-state index contributed by atoms with van der Waals surface area (Å²) in [6.07, 6.45) is 2.02. The number of nitrogens with zero attached hydrogens (tertiary/aromatic N) is 4. The molecule has 112 valence electrons. The Balaban J connectivity index is 1.83. The number of piperazine rings is 1. The fourth-order valence-electron chi connectivity index (χ4n) is 2.44.